The summed E-state index contributed by atoms with van der Waals surface area (Å²) in [6.07, 6.45) is 0. The van der Waals surface area contributed by atoms with Crippen molar-refractivity contribution in [3.05, 3.63) is 200 Å². The molecule has 0 atom stereocenters. The number of benzene rings is 8. The fourth-order valence-electron chi connectivity index (χ4n) is 8.82. The van der Waals surface area contributed by atoms with Gasteiger partial charge in [0.25, 0.3) is 0 Å². The summed E-state index contributed by atoms with van der Waals surface area (Å²) in [5.41, 5.74) is 8.38. The van der Waals surface area contributed by atoms with E-state index >= 15 is 0 Å². The van der Waals surface area contributed by atoms with E-state index in [1.807, 2.05) is 23.1 Å². The zero-order valence-electron chi connectivity index (χ0n) is 29.9. The normalized spacial score (nSPS) is 12.6. The number of para-hydroxylation sites is 2. The van der Waals surface area contributed by atoms with Gasteiger partial charge >= 0.3 is 0 Å². The summed E-state index contributed by atoms with van der Waals surface area (Å²) in [5, 5.41) is 8.13. The number of imidazole rings is 1. The first-order valence-corrected chi connectivity index (χ1v) is 22.5. The van der Waals surface area contributed by atoms with Crippen LogP contribution in [-0.2, 0) is 5.75 Å². The van der Waals surface area contributed by atoms with E-state index in [0.29, 0.717) is 0 Å². The molecule has 5 heteroatoms. The Kier molecular flexibility index (Phi) is 7.73. The van der Waals surface area contributed by atoms with Crippen molar-refractivity contribution in [1.29, 1.82) is 0 Å². The Bertz CT molecular complexity index is 3020. The molecule has 0 saturated carbocycles. The first-order chi connectivity index (χ1) is 27.3. The molecule has 3 heterocycles. The molecule has 11 rings (SSSR count). The maximum absolute atomic E-state index is 5.01. The molecule has 1 aliphatic heterocycles. The summed E-state index contributed by atoms with van der Waals surface area (Å²) in [5.74, 6) is 1.98. The molecule has 55 heavy (non-hydrogen) atoms. The minimum absolute atomic E-state index is 0.870. The molecule has 1 aliphatic rings. The van der Waals surface area contributed by atoms with Crippen molar-refractivity contribution in [2.24, 2.45) is 0 Å². The third kappa shape index (κ3) is 5.19. The Labute approximate surface area is 329 Å². The Morgan fingerprint density at radius 2 is 1.11 bits per heavy atom. The number of thiophene rings is 1. The Morgan fingerprint density at radius 3 is 1.91 bits per heavy atom. The van der Waals surface area contributed by atoms with E-state index in [0.717, 1.165) is 22.6 Å². The summed E-state index contributed by atoms with van der Waals surface area (Å²) in [6.45, 7) is 0. The fraction of sp³-hybridized carbons (Fsp3) is 0.0200. The highest BCUT2D eigenvalue weighted by atomic mass is 32.2. The quantitative estimate of drug-likeness (QED) is 0.124. The number of rotatable bonds is 6. The summed E-state index contributed by atoms with van der Waals surface area (Å²) in [4.78, 5) is 6.30. The average molecular weight is 755 g/mol. The van der Waals surface area contributed by atoms with Crippen LogP contribution >= 0.6 is 23.1 Å². The topological polar surface area (TPSA) is 17.8 Å². The minimum atomic E-state index is -2.86. The monoisotopic (exact) mass is 754 g/mol. The summed E-state index contributed by atoms with van der Waals surface area (Å²) >= 11 is 3.75. The predicted molar refractivity (Wildman–Crippen MR) is 238 cm³/mol. The molecule has 0 N–H and O–H groups in total. The smallest absolute Gasteiger partial charge is 0.179 e. The van der Waals surface area contributed by atoms with Crippen LogP contribution in [0.3, 0.4) is 0 Å². The van der Waals surface area contributed by atoms with Crippen LogP contribution in [0.5, 0.6) is 0 Å². The molecule has 0 unspecified atom stereocenters. The third-order valence-corrected chi connectivity index (χ3v) is 18.2. The molecule has 0 amide bonds. The molecule has 0 fully saturated rings. The van der Waals surface area contributed by atoms with E-state index in [9.17, 15) is 0 Å². The van der Waals surface area contributed by atoms with Crippen LogP contribution in [0, 0.1) is 0 Å². The van der Waals surface area contributed by atoms with Crippen molar-refractivity contribution in [3.63, 3.8) is 0 Å². The number of nitrogens with zero attached hydrogens (tertiary/aromatic N) is 2. The van der Waals surface area contributed by atoms with Gasteiger partial charge in [0.2, 0.25) is 0 Å². The second-order valence-electron chi connectivity index (χ2n) is 14.2. The Morgan fingerprint density at radius 1 is 0.491 bits per heavy atom. The van der Waals surface area contributed by atoms with Gasteiger partial charge in [-0.25, -0.2) is 4.98 Å². The average Bonchev–Trinajstić information content (AvgIpc) is 3.84. The van der Waals surface area contributed by atoms with E-state index in [-0.39, 0.29) is 0 Å². The minimum Gasteiger partial charge on any atom is -0.294 e. The van der Waals surface area contributed by atoms with Crippen LogP contribution in [-0.4, -0.2) is 17.6 Å². The second kappa shape index (κ2) is 13.1. The number of hydrogen-bond donors (Lipinski definition) is 0. The molecular weight excluding hydrogens is 721 g/mol. The highest BCUT2D eigenvalue weighted by Crippen LogP contribution is 2.41. The van der Waals surface area contributed by atoms with E-state index < -0.39 is 8.07 Å². The Hall–Kier alpha value is -5.98. The number of aromatic nitrogens is 2. The van der Waals surface area contributed by atoms with E-state index in [1.165, 1.54) is 73.8 Å². The largest absolute Gasteiger partial charge is 0.294 e. The molecule has 0 spiro atoms. The van der Waals surface area contributed by atoms with Crippen molar-refractivity contribution in [2.45, 2.75) is 10.6 Å². The van der Waals surface area contributed by atoms with Crippen molar-refractivity contribution in [3.8, 4) is 27.9 Å². The van der Waals surface area contributed by atoms with Gasteiger partial charge in [-0.3, -0.25) is 4.57 Å². The molecule has 0 bridgehead atoms. The molecule has 0 aliphatic carbocycles. The Balaban J connectivity index is 1.14. The first-order valence-electron chi connectivity index (χ1n) is 18.7. The SMILES string of the molecule is c1ccc([Si](c2ccccc2)(c2cccc(-c3ccc4c(c3)-n3c(nc5ccccc53)CS4)c2)c2cccc(-c3cccc4sc5ccccc5c34)c2)cc1. The lowest BCUT2D eigenvalue weighted by atomic mass is 10.00. The molecule has 0 saturated heterocycles. The second-order valence-corrected chi connectivity index (χ2v) is 20.2. The van der Waals surface area contributed by atoms with Gasteiger partial charge in [-0.05, 0) is 79.4 Å². The molecular formula is C50H34N2S2Si. The first kappa shape index (κ1) is 32.4. The molecule has 8 aromatic carbocycles. The lowest BCUT2D eigenvalue weighted by Gasteiger charge is -2.35. The van der Waals surface area contributed by atoms with E-state index in [2.05, 4.69) is 199 Å². The van der Waals surface area contributed by atoms with E-state index in [1.54, 1.807) is 0 Å². The van der Waals surface area contributed by atoms with Crippen molar-refractivity contribution >= 4 is 83.1 Å². The molecule has 10 aromatic rings. The maximum Gasteiger partial charge on any atom is 0.179 e. The summed E-state index contributed by atoms with van der Waals surface area (Å²) < 4.78 is 5.02. The third-order valence-electron chi connectivity index (χ3n) is 11.2. The van der Waals surface area contributed by atoms with Crippen molar-refractivity contribution in [1.82, 2.24) is 9.55 Å². The van der Waals surface area contributed by atoms with Gasteiger partial charge in [-0.2, -0.15) is 0 Å². The van der Waals surface area contributed by atoms with Crippen LogP contribution in [0.15, 0.2) is 199 Å². The number of fused-ring (bicyclic) bond motifs is 8. The highest BCUT2D eigenvalue weighted by molar-refractivity contribution is 7.98. The lowest BCUT2D eigenvalue weighted by Crippen LogP contribution is -2.74. The van der Waals surface area contributed by atoms with Gasteiger partial charge in [-0.15, -0.1) is 23.1 Å². The van der Waals surface area contributed by atoms with Crippen LogP contribution in [0.25, 0.3) is 59.1 Å². The zero-order chi connectivity index (χ0) is 36.3. The van der Waals surface area contributed by atoms with Crippen molar-refractivity contribution in [2.75, 3.05) is 0 Å². The lowest BCUT2D eigenvalue weighted by molar-refractivity contribution is 0.946. The summed E-state index contributed by atoms with van der Waals surface area (Å²) in [6, 6.07) is 72.5. The van der Waals surface area contributed by atoms with Crippen LogP contribution in [0.1, 0.15) is 5.82 Å². The van der Waals surface area contributed by atoms with Gasteiger partial charge < -0.3 is 0 Å². The molecule has 260 valence electrons. The standard InChI is InChI=1S/C50H34N2S2Si/c1-3-16-37(17-4-1)55(38-18-5-2-6-19-38,40-21-12-15-36(31-40)41-23-13-27-48-50(41)42-22-7-10-26-46(42)54-48)39-20-11-14-34(30-39)35-28-29-47-45(32-35)52-44-25-9-8-24-43(44)51-49(52)33-53-47/h1-32H,33H2. The highest BCUT2D eigenvalue weighted by Gasteiger charge is 2.41. The van der Waals surface area contributed by atoms with Crippen LogP contribution in [0.2, 0.25) is 0 Å². The van der Waals surface area contributed by atoms with Gasteiger partial charge in [0.05, 0.1) is 22.5 Å². The summed E-state index contributed by atoms with van der Waals surface area (Å²) in [7, 11) is -2.86. The van der Waals surface area contributed by atoms with Gasteiger partial charge in [0.15, 0.2) is 8.07 Å². The van der Waals surface area contributed by atoms with Crippen LogP contribution in [0.4, 0.5) is 0 Å². The number of thioether (sulfide) groups is 1. The number of hydrogen-bond acceptors (Lipinski definition) is 3. The molecule has 2 nitrogen and oxygen atoms in total. The zero-order valence-corrected chi connectivity index (χ0v) is 32.5. The maximum atomic E-state index is 5.01. The molecule has 0 radical (unpaired) electrons. The van der Waals surface area contributed by atoms with Gasteiger partial charge in [0, 0.05) is 25.1 Å². The van der Waals surface area contributed by atoms with Crippen molar-refractivity contribution < 1.29 is 0 Å². The fourth-order valence-corrected chi connectivity index (χ4v) is 15.7. The van der Waals surface area contributed by atoms with Crippen LogP contribution < -0.4 is 20.7 Å². The van der Waals surface area contributed by atoms with Gasteiger partial charge in [-0.1, -0.05) is 158 Å². The van der Waals surface area contributed by atoms with Gasteiger partial charge in [0.1, 0.15) is 5.82 Å². The molecule has 2 aromatic heterocycles. The predicted octanol–water partition coefficient (Wildman–Crippen LogP) is 10.7. The van der Waals surface area contributed by atoms with E-state index in [4.69, 9.17) is 4.98 Å².